The fraction of sp³-hybridized carbons (Fsp3) is 0. The Bertz CT molecular complexity index is 2040. The van der Waals surface area contributed by atoms with Gasteiger partial charge in [-0.25, -0.2) is 19.9 Å². The van der Waals surface area contributed by atoms with Crippen LogP contribution in [0.4, 0.5) is 0 Å². The Balaban J connectivity index is 1.21. The first kappa shape index (κ1) is 28.9. The van der Waals surface area contributed by atoms with E-state index in [0.29, 0.717) is 5.82 Å². The molecule has 0 unspecified atom stereocenters. The molecule has 0 saturated carbocycles. The van der Waals surface area contributed by atoms with E-state index in [1.165, 1.54) is 0 Å². The van der Waals surface area contributed by atoms with Crippen molar-refractivity contribution in [3.8, 4) is 79.1 Å². The normalized spacial score (nSPS) is 10.9. The van der Waals surface area contributed by atoms with Gasteiger partial charge < -0.3 is 0 Å². The molecule has 0 amide bonds. The molecule has 5 heteroatoms. The van der Waals surface area contributed by atoms with E-state index in [-0.39, 0.29) is 0 Å². The fourth-order valence-corrected chi connectivity index (χ4v) is 5.75. The van der Waals surface area contributed by atoms with Gasteiger partial charge in [0.25, 0.3) is 0 Å². The third-order valence-electron chi connectivity index (χ3n) is 8.15. The zero-order valence-electron chi connectivity index (χ0n) is 26.0. The molecular weight excluding hydrogens is 587 g/mol. The van der Waals surface area contributed by atoms with Gasteiger partial charge in [-0.1, -0.05) is 121 Å². The maximum atomic E-state index is 5.12. The molecule has 5 nitrogen and oxygen atoms in total. The van der Waals surface area contributed by atoms with Crippen molar-refractivity contribution >= 4 is 0 Å². The first-order chi connectivity index (χ1) is 23.8. The molecule has 0 N–H and O–H groups in total. The molecule has 226 valence electrons. The minimum absolute atomic E-state index is 0.658. The standard InChI is InChI=1S/C43H29N5/c1-4-14-30(15-5-1)35-27-41(37-22-10-11-25-44-37)46-42(28-35)38-24-13-23-36(45-38)33-20-12-21-34(26-33)43-47-39(31-16-6-2-7-17-31)29-40(48-43)32-18-8-3-9-19-32/h1-29H. The van der Waals surface area contributed by atoms with Gasteiger partial charge in [0.1, 0.15) is 0 Å². The van der Waals surface area contributed by atoms with Crippen LogP contribution in [0.5, 0.6) is 0 Å². The summed E-state index contributed by atoms with van der Waals surface area (Å²) in [5.41, 5.74) is 11.9. The topological polar surface area (TPSA) is 64.5 Å². The first-order valence-corrected chi connectivity index (χ1v) is 15.8. The number of hydrogen-bond donors (Lipinski definition) is 0. The Morgan fingerprint density at radius 3 is 1.40 bits per heavy atom. The summed E-state index contributed by atoms with van der Waals surface area (Å²) in [6, 6.07) is 57.2. The third-order valence-corrected chi connectivity index (χ3v) is 8.15. The van der Waals surface area contributed by atoms with E-state index in [9.17, 15) is 0 Å². The van der Waals surface area contributed by atoms with Crippen LogP contribution in [-0.2, 0) is 0 Å². The van der Waals surface area contributed by atoms with Gasteiger partial charge in [-0.2, -0.15) is 0 Å². The average molecular weight is 616 g/mol. The summed E-state index contributed by atoms with van der Waals surface area (Å²) in [7, 11) is 0. The van der Waals surface area contributed by atoms with Gasteiger partial charge in [0.2, 0.25) is 0 Å². The second-order valence-corrected chi connectivity index (χ2v) is 11.4. The molecule has 0 bridgehead atoms. The third kappa shape index (κ3) is 6.13. The Morgan fingerprint density at radius 2 is 0.750 bits per heavy atom. The largest absolute Gasteiger partial charge is 0.255 e. The highest BCUT2D eigenvalue weighted by Gasteiger charge is 2.14. The number of benzene rings is 4. The lowest BCUT2D eigenvalue weighted by molar-refractivity contribution is 1.18. The molecule has 0 fully saturated rings. The lowest BCUT2D eigenvalue weighted by Crippen LogP contribution is -1.97. The summed E-state index contributed by atoms with van der Waals surface area (Å²) in [4.78, 5) is 24.8. The van der Waals surface area contributed by atoms with Gasteiger partial charge in [-0.05, 0) is 59.7 Å². The summed E-state index contributed by atoms with van der Waals surface area (Å²) in [5, 5.41) is 0. The number of aromatic nitrogens is 5. The zero-order chi connectivity index (χ0) is 32.1. The molecule has 8 rings (SSSR count). The summed E-state index contributed by atoms with van der Waals surface area (Å²) in [6.07, 6.45) is 1.79. The molecule has 0 aliphatic rings. The Labute approximate surface area is 279 Å². The molecule has 4 heterocycles. The zero-order valence-corrected chi connectivity index (χ0v) is 26.0. The monoisotopic (exact) mass is 615 g/mol. The smallest absolute Gasteiger partial charge is 0.160 e. The molecule has 0 saturated heterocycles. The number of rotatable bonds is 7. The highest BCUT2D eigenvalue weighted by Crippen LogP contribution is 2.32. The van der Waals surface area contributed by atoms with Gasteiger partial charge in [0, 0.05) is 28.5 Å². The van der Waals surface area contributed by atoms with Gasteiger partial charge in [-0.3, -0.25) is 4.98 Å². The van der Waals surface area contributed by atoms with Crippen LogP contribution >= 0.6 is 0 Å². The van der Waals surface area contributed by atoms with E-state index in [0.717, 1.165) is 73.2 Å². The van der Waals surface area contributed by atoms with E-state index >= 15 is 0 Å². The minimum atomic E-state index is 0.658. The van der Waals surface area contributed by atoms with E-state index in [1.54, 1.807) is 6.20 Å². The summed E-state index contributed by atoms with van der Waals surface area (Å²) < 4.78 is 0. The van der Waals surface area contributed by atoms with Crippen LogP contribution in [0.1, 0.15) is 0 Å². The van der Waals surface area contributed by atoms with Crippen molar-refractivity contribution < 1.29 is 0 Å². The molecule has 0 atom stereocenters. The van der Waals surface area contributed by atoms with E-state index < -0.39 is 0 Å². The van der Waals surface area contributed by atoms with E-state index in [2.05, 4.69) is 77.8 Å². The van der Waals surface area contributed by atoms with Crippen LogP contribution < -0.4 is 0 Å². The highest BCUT2D eigenvalue weighted by molar-refractivity contribution is 5.77. The number of hydrogen-bond acceptors (Lipinski definition) is 5. The molecular formula is C43H29N5. The Kier molecular flexibility index (Phi) is 7.83. The second-order valence-electron chi connectivity index (χ2n) is 11.4. The quantitative estimate of drug-likeness (QED) is 0.178. The van der Waals surface area contributed by atoms with Crippen LogP contribution in [0.25, 0.3) is 79.1 Å². The molecule has 4 aromatic carbocycles. The van der Waals surface area contributed by atoms with Crippen LogP contribution in [0.15, 0.2) is 176 Å². The van der Waals surface area contributed by atoms with Crippen molar-refractivity contribution in [3.63, 3.8) is 0 Å². The van der Waals surface area contributed by atoms with Gasteiger partial charge >= 0.3 is 0 Å². The van der Waals surface area contributed by atoms with Crippen LogP contribution in [0.2, 0.25) is 0 Å². The van der Waals surface area contributed by atoms with E-state index in [1.807, 2.05) is 97.1 Å². The molecule has 0 spiro atoms. The molecule has 0 aliphatic heterocycles. The first-order valence-electron chi connectivity index (χ1n) is 15.8. The molecule has 8 aromatic rings. The van der Waals surface area contributed by atoms with Crippen LogP contribution in [0.3, 0.4) is 0 Å². The molecule has 4 aromatic heterocycles. The predicted molar refractivity (Wildman–Crippen MR) is 193 cm³/mol. The second kappa shape index (κ2) is 13.0. The van der Waals surface area contributed by atoms with E-state index in [4.69, 9.17) is 19.9 Å². The Morgan fingerprint density at radius 1 is 0.250 bits per heavy atom. The van der Waals surface area contributed by atoms with Crippen LogP contribution in [-0.4, -0.2) is 24.9 Å². The van der Waals surface area contributed by atoms with Gasteiger partial charge in [0.15, 0.2) is 5.82 Å². The highest BCUT2D eigenvalue weighted by atomic mass is 14.9. The lowest BCUT2D eigenvalue weighted by Gasteiger charge is -2.11. The molecule has 48 heavy (non-hydrogen) atoms. The fourth-order valence-electron chi connectivity index (χ4n) is 5.75. The number of nitrogens with zero attached hydrogens (tertiary/aromatic N) is 5. The molecule has 0 radical (unpaired) electrons. The molecule has 0 aliphatic carbocycles. The van der Waals surface area contributed by atoms with Crippen molar-refractivity contribution in [1.82, 2.24) is 24.9 Å². The maximum absolute atomic E-state index is 5.12. The van der Waals surface area contributed by atoms with Gasteiger partial charge in [0.05, 0.1) is 39.9 Å². The predicted octanol–water partition coefficient (Wildman–Crippen LogP) is 10.3. The summed E-state index contributed by atoms with van der Waals surface area (Å²) >= 11 is 0. The van der Waals surface area contributed by atoms with Crippen molar-refractivity contribution in [2.45, 2.75) is 0 Å². The minimum Gasteiger partial charge on any atom is -0.255 e. The van der Waals surface area contributed by atoms with Crippen LogP contribution in [0, 0.1) is 0 Å². The van der Waals surface area contributed by atoms with Crippen molar-refractivity contribution in [2.75, 3.05) is 0 Å². The number of pyridine rings is 3. The summed E-state index contributed by atoms with van der Waals surface area (Å²) in [5.74, 6) is 0.658. The SMILES string of the molecule is c1ccc(-c2cc(-c3ccccn3)nc(-c3cccc(-c4cccc(-c5nc(-c6ccccc6)cc(-c6ccccc6)n5)c4)n3)c2)cc1. The average Bonchev–Trinajstić information content (AvgIpc) is 3.19. The van der Waals surface area contributed by atoms with Gasteiger partial charge in [-0.15, -0.1) is 0 Å². The van der Waals surface area contributed by atoms with Crippen molar-refractivity contribution in [1.29, 1.82) is 0 Å². The summed E-state index contributed by atoms with van der Waals surface area (Å²) in [6.45, 7) is 0. The maximum Gasteiger partial charge on any atom is 0.160 e. The van der Waals surface area contributed by atoms with Crippen molar-refractivity contribution in [2.24, 2.45) is 0 Å². The lowest BCUT2D eigenvalue weighted by atomic mass is 10.0. The Hall–Kier alpha value is -6.59. The van der Waals surface area contributed by atoms with Crippen molar-refractivity contribution in [3.05, 3.63) is 176 Å².